The summed E-state index contributed by atoms with van der Waals surface area (Å²) in [5.74, 6) is -0.996. The lowest BCUT2D eigenvalue weighted by Crippen LogP contribution is -2.00. The molecule has 88 valence electrons. The van der Waals surface area contributed by atoms with Crippen LogP contribution in [0.1, 0.15) is 21.6 Å². The number of hydrogen-bond donors (Lipinski definition) is 1. The van der Waals surface area contributed by atoms with Crippen LogP contribution in [0.2, 0.25) is 0 Å². The molecule has 0 unspecified atom stereocenters. The number of hydrogen-bond acceptors (Lipinski definition) is 3. The molecule has 2 aromatic rings. The molecule has 0 spiro atoms. The van der Waals surface area contributed by atoms with Crippen molar-refractivity contribution in [3.63, 3.8) is 0 Å². The zero-order chi connectivity index (χ0) is 12.6. The maximum Gasteiger partial charge on any atom is 0.356 e. The molecule has 0 fully saturated rings. The van der Waals surface area contributed by atoms with E-state index in [0.717, 1.165) is 16.7 Å². The second-order valence-electron chi connectivity index (χ2n) is 3.72. The summed E-state index contributed by atoms with van der Waals surface area (Å²) in [4.78, 5) is 15.9. The first-order valence-corrected chi connectivity index (χ1v) is 6.58. The minimum atomic E-state index is -0.996. The molecule has 0 aliphatic rings. The average molecular weight is 312 g/mol. The van der Waals surface area contributed by atoms with Gasteiger partial charge in [0.2, 0.25) is 0 Å². The molecular weight excluding hydrogens is 302 g/mol. The fourth-order valence-electron chi connectivity index (χ4n) is 1.78. The molecule has 0 bridgehead atoms. The summed E-state index contributed by atoms with van der Waals surface area (Å²) in [6, 6.07) is 5.91. The predicted molar refractivity (Wildman–Crippen MR) is 71.7 cm³/mol. The Hall–Kier alpha value is -1.20. The van der Waals surface area contributed by atoms with Crippen LogP contribution in [-0.4, -0.2) is 16.1 Å². The zero-order valence-corrected chi connectivity index (χ0v) is 11.7. The molecule has 1 heterocycles. The number of carbonyl (C=O) groups is 1. The van der Waals surface area contributed by atoms with Crippen LogP contribution in [-0.2, 0) is 0 Å². The number of rotatable bonds is 2. The van der Waals surface area contributed by atoms with Gasteiger partial charge in [-0.1, -0.05) is 18.2 Å². The van der Waals surface area contributed by atoms with E-state index in [1.807, 2.05) is 32.0 Å². The third-order valence-electron chi connectivity index (χ3n) is 2.51. The molecule has 0 saturated carbocycles. The molecule has 1 aromatic heterocycles. The van der Waals surface area contributed by atoms with E-state index in [2.05, 4.69) is 20.9 Å². The first kappa shape index (κ1) is 12.3. The van der Waals surface area contributed by atoms with Crippen molar-refractivity contribution in [1.82, 2.24) is 4.98 Å². The van der Waals surface area contributed by atoms with Crippen molar-refractivity contribution in [2.45, 2.75) is 13.8 Å². The SMILES string of the molecule is Cc1cccc(C)c1-c1sc(Br)nc1C(=O)O. The van der Waals surface area contributed by atoms with Gasteiger partial charge in [0.1, 0.15) is 0 Å². The highest BCUT2D eigenvalue weighted by atomic mass is 79.9. The van der Waals surface area contributed by atoms with Crippen LogP contribution in [0.25, 0.3) is 10.4 Å². The van der Waals surface area contributed by atoms with E-state index in [1.165, 1.54) is 11.3 Å². The summed E-state index contributed by atoms with van der Waals surface area (Å²) >= 11 is 4.59. The van der Waals surface area contributed by atoms with Crippen LogP contribution in [0.4, 0.5) is 0 Å². The van der Waals surface area contributed by atoms with Crippen LogP contribution in [0, 0.1) is 13.8 Å². The molecule has 1 aromatic carbocycles. The Morgan fingerprint density at radius 3 is 2.47 bits per heavy atom. The maximum absolute atomic E-state index is 11.2. The Morgan fingerprint density at radius 2 is 1.94 bits per heavy atom. The Labute approximate surface area is 111 Å². The van der Waals surface area contributed by atoms with E-state index in [-0.39, 0.29) is 5.69 Å². The topological polar surface area (TPSA) is 50.2 Å². The van der Waals surface area contributed by atoms with Crippen molar-refractivity contribution < 1.29 is 9.90 Å². The first-order chi connectivity index (χ1) is 8.00. The summed E-state index contributed by atoms with van der Waals surface area (Å²) in [7, 11) is 0. The van der Waals surface area contributed by atoms with Gasteiger partial charge in [-0.15, -0.1) is 11.3 Å². The minimum absolute atomic E-state index is 0.110. The Kier molecular flexibility index (Phi) is 3.31. The van der Waals surface area contributed by atoms with E-state index >= 15 is 0 Å². The highest BCUT2D eigenvalue weighted by Crippen LogP contribution is 2.36. The van der Waals surface area contributed by atoms with Gasteiger partial charge < -0.3 is 5.11 Å². The van der Waals surface area contributed by atoms with Gasteiger partial charge in [-0.05, 0) is 40.9 Å². The van der Waals surface area contributed by atoms with E-state index in [9.17, 15) is 4.79 Å². The fourth-order valence-corrected chi connectivity index (χ4v) is 3.40. The summed E-state index contributed by atoms with van der Waals surface area (Å²) < 4.78 is 0.590. The second kappa shape index (κ2) is 4.58. The highest BCUT2D eigenvalue weighted by molar-refractivity contribution is 9.11. The van der Waals surface area contributed by atoms with Crippen molar-refractivity contribution >= 4 is 33.2 Å². The van der Waals surface area contributed by atoms with Gasteiger partial charge in [0.25, 0.3) is 0 Å². The molecule has 1 N–H and O–H groups in total. The lowest BCUT2D eigenvalue weighted by atomic mass is 10.0. The van der Waals surface area contributed by atoms with E-state index in [0.29, 0.717) is 8.79 Å². The van der Waals surface area contributed by atoms with Gasteiger partial charge in [0.05, 0.1) is 4.88 Å². The molecule has 0 atom stereocenters. The number of nitrogens with zero attached hydrogens (tertiary/aromatic N) is 1. The number of aromatic nitrogens is 1. The third kappa shape index (κ3) is 2.25. The number of benzene rings is 1. The van der Waals surface area contributed by atoms with E-state index in [4.69, 9.17) is 5.11 Å². The van der Waals surface area contributed by atoms with E-state index < -0.39 is 5.97 Å². The smallest absolute Gasteiger partial charge is 0.356 e. The van der Waals surface area contributed by atoms with Gasteiger partial charge in [0.15, 0.2) is 9.61 Å². The molecule has 0 aliphatic heterocycles. The Morgan fingerprint density at radius 1 is 1.35 bits per heavy atom. The quantitative estimate of drug-likeness (QED) is 0.915. The monoisotopic (exact) mass is 311 g/mol. The number of carboxylic acid groups (broad SMARTS) is 1. The number of aromatic carboxylic acids is 1. The van der Waals surface area contributed by atoms with Crippen LogP contribution in [0.15, 0.2) is 22.1 Å². The molecule has 5 heteroatoms. The Balaban J connectivity index is 2.72. The van der Waals surface area contributed by atoms with Crippen LogP contribution >= 0.6 is 27.3 Å². The number of thiazole rings is 1. The van der Waals surface area contributed by atoms with Crippen LogP contribution in [0.3, 0.4) is 0 Å². The lowest BCUT2D eigenvalue weighted by molar-refractivity contribution is 0.0692. The lowest BCUT2D eigenvalue weighted by Gasteiger charge is -2.07. The van der Waals surface area contributed by atoms with Crippen molar-refractivity contribution in [2.24, 2.45) is 0 Å². The van der Waals surface area contributed by atoms with Crippen molar-refractivity contribution in [2.75, 3.05) is 0 Å². The van der Waals surface area contributed by atoms with Gasteiger partial charge in [-0.2, -0.15) is 0 Å². The van der Waals surface area contributed by atoms with Crippen molar-refractivity contribution in [3.05, 3.63) is 38.9 Å². The predicted octanol–water partition coefficient (Wildman–Crippen LogP) is 3.89. The van der Waals surface area contributed by atoms with Crippen molar-refractivity contribution in [3.8, 4) is 10.4 Å². The number of carboxylic acids is 1. The molecule has 0 amide bonds. The van der Waals surface area contributed by atoms with Gasteiger partial charge in [0, 0.05) is 5.56 Å². The standard InChI is InChI=1S/C12H10BrNO2S/c1-6-4-3-5-7(2)8(6)10-9(11(15)16)14-12(13)17-10/h3-5H,1-2H3,(H,15,16). The Bertz CT molecular complexity index is 572. The molecule has 0 radical (unpaired) electrons. The zero-order valence-electron chi connectivity index (χ0n) is 9.32. The molecule has 0 aliphatic carbocycles. The molecule has 3 nitrogen and oxygen atoms in total. The average Bonchev–Trinajstić information content (AvgIpc) is 2.60. The molecule has 17 heavy (non-hydrogen) atoms. The van der Waals surface area contributed by atoms with Crippen LogP contribution in [0.5, 0.6) is 0 Å². The van der Waals surface area contributed by atoms with Gasteiger partial charge in [-0.3, -0.25) is 0 Å². The first-order valence-electron chi connectivity index (χ1n) is 4.97. The normalized spacial score (nSPS) is 10.5. The summed E-state index contributed by atoms with van der Waals surface area (Å²) in [6.07, 6.45) is 0. The summed E-state index contributed by atoms with van der Waals surface area (Å²) in [6.45, 7) is 3.95. The largest absolute Gasteiger partial charge is 0.476 e. The van der Waals surface area contributed by atoms with Gasteiger partial charge in [-0.25, -0.2) is 9.78 Å². The second-order valence-corrected chi connectivity index (χ2v) is 5.99. The van der Waals surface area contributed by atoms with Gasteiger partial charge >= 0.3 is 5.97 Å². The molecular formula is C12H10BrNO2S. The van der Waals surface area contributed by atoms with Crippen LogP contribution < -0.4 is 0 Å². The molecule has 2 rings (SSSR count). The minimum Gasteiger partial charge on any atom is -0.476 e. The summed E-state index contributed by atoms with van der Waals surface area (Å²) in [5.41, 5.74) is 3.19. The number of halogens is 1. The van der Waals surface area contributed by atoms with E-state index in [1.54, 1.807) is 0 Å². The third-order valence-corrected chi connectivity index (χ3v) is 4.04. The molecule has 0 saturated heterocycles. The highest BCUT2D eigenvalue weighted by Gasteiger charge is 2.20. The van der Waals surface area contributed by atoms with Crippen molar-refractivity contribution in [1.29, 1.82) is 0 Å². The number of aryl methyl sites for hydroxylation is 2. The fraction of sp³-hybridized carbons (Fsp3) is 0.167. The maximum atomic E-state index is 11.2. The summed E-state index contributed by atoms with van der Waals surface area (Å²) in [5, 5.41) is 9.15.